The lowest BCUT2D eigenvalue weighted by Crippen LogP contribution is -2.24. The van der Waals surface area contributed by atoms with Gasteiger partial charge in [-0.05, 0) is 42.0 Å². The van der Waals surface area contributed by atoms with Crippen LogP contribution >= 0.6 is 11.3 Å². The summed E-state index contributed by atoms with van der Waals surface area (Å²) < 4.78 is 2.05. The topological polar surface area (TPSA) is 76.3 Å². The van der Waals surface area contributed by atoms with Crippen LogP contribution in [0.4, 0.5) is 0 Å². The largest absolute Gasteiger partial charge is 0.356 e. The lowest BCUT2D eigenvalue weighted by Gasteiger charge is -2.11. The fourth-order valence-corrected chi connectivity index (χ4v) is 4.19. The van der Waals surface area contributed by atoms with Crippen LogP contribution in [0.3, 0.4) is 0 Å². The van der Waals surface area contributed by atoms with Crippen LogP contribution in [-0.4, -0.2) is 27.9 Å². The number of nitrogens with one attached hydrogen (secondary N) is 1. The van der Waals surface area contributed by atoms with E-state index in [-0.39, 0.29) is 11.8 Å². The molecule has 2 aromatic heterocycles. The Balaban J connectivity index is 1.97. The molecule has 1 N–H and O–H groups in total. The number of nitrogens with zero attached hydrogens (tertiary/aromatic N) is 3. The van der Waals surface area contributed by atoms with Crippen LogP contribution < -0.4 is 10.1 Å². The second-order valence-corrected chi connectivity index (χ2v) is 8.59. The van der Waals surface area contributed by atoms with E-state index in [2.05, 4.69) is 53.4 Å². The van der Waals surface area contributed by atoms with Crippen molar-refractivity contribution in [3.8, 4) is 11.3 Å². The highest BCUT2D eigenvalue weighted by atomic mass is 32.1. The highest BCUT2D eigenvalue weighted by molar-refractivity contribution is 7.07. The van der Waals surface area contributed by atoms with E-state index in [9.17, 15) is 9.59 Å². The van der Waals surface area contributed by atoms with Crippen molar-refractivity contribution in [1.29, 1.82) is 0 Å². The summed E-state index contributed by atoms with van der Waals surface area (Å²) >= 11 is 1.44. The molecule has 0 radical (unpaired) electrons. The van der Waals surface area contributed by atoms with E-state index in [0.29, 0.717) is 29.5 Å². The van der Waals surface area contributed by atoms with Gasteiger partial charge in [0.2, 0.25) is 5.91 Å². The van der Waals surface area contributed by atoms with Crippen LogP contribution in [0.1, 0.15) is 54.7 Å². The molecule has 0 aliphatic rings. The third-order valence-corrected chi connectivity index (χ3v) is 5.88. The Bertz CT molecular complexity index is 1130. The first-order valence-corrected chi connectivity index (χ1v) is 11.3. The number of hydrogen-bond acceptors (Lipinski definition) is 4. The maximum Gasteiger partial charge on any atom is 0.298 e. The summed E-state index contributed by atoms with van der Waals surface area (Å²) in [4.78, 5) is 33.2. The van der Waals surface area contributed by atoms with E-state index in [0.717, 1.165) is 23.2 Å². The fraction of sp³-hybridized carbons (Fsp3) is 0.333. The van der Waals surface area contributed by atoms with Crippen LogP contribution in [0.5, 0.6) is 0 Å². The summed E-state index contributed by atoms with van der Waals surface area (Å²) in [6, 6.07) is 12.1. The molecule has 0 aliphatic heterocycles. The van der Waals surface area contributed by atoms with Gasteiger partial charge in [-0.25, -0.2) is 0 Å². The Kier molecular flexibility index (Phi) is 7.52. The standard InChI is InChI=1S/C24H28N4O2S/c1-16(2)19-8-10-20(11-9-19)21-15-31-24(28(21)14-6-13-25-18(4)29)27-23(30)22-17(3)7-5-12-26-22/h5,7-12,15-16H,6,13-14H2,1-4H3,(H,25,29). The first-order valence-electron chi connectivity index (χ1n) is 10.4. The molecule has 0 saturated carbocycles. The average molecular weight is 437 g/mol. The summed E-state index contributed by atoms with van der Waals surface area (Å²) in [7, 11) is 0. The van der Waals surface area contributed by atoms with Gasteiger partial charge in [-0.15, -0.1) is 11.3 Å². The highest BCUT2D eigenvalue weighted by Gasteiger charge is 2.13. The molecule has 7 heteroatoms. The van der Waals surface area contributed by atoms with Gasteiger partial charge in [-0.1, -0.05) is 44.2 Å². The normalized spacial score (nSPS) is 11.7. The van der Waals surface area contributed by atoms with Gasteiger partial charge in [0, 0.05) is 31.6 Å². The average Bonchev–Trinajstić information content (AvgIpc) is 3.13. The van der Waals surface area contributed by atoms with E-state index in [1.165, 1.54) is 23.8 Å². The van der Waals surface area contributed by atoms with Gasteiger partial charge in [0.25, 0.3) is 5.91 Å². The molecule has 0 atom stereocenters. The Labute approximate surface area is 186 Å². The van der Waals surface area contributed by atoms with Gasteiger partial charge >= 0.3 is 0 Å². The molecule has 2 heterocycles. The molecule has 2 amide bonds. The van der Waals surface area contributed by atoms with E-state index < -0.39 is 0 Å². The first-order chi connectivity index (χ1) is 14.9. The van der Waals surface area contributed by atoms with E-state index in [1.807, 2.05) is 22.9 Å². The third kappa shape index (κ3) is 5.76. The number of pyridine rings is 1. The number of hydrogen-bond donors (Lipinski definition) is 1. The van der Waals surface area contributed by atoms with Crippen molar-refractivity contribution >= 4 is 23.2 Å². The molecule has 0 fully saturated rings. The Morgan fingerprint density at radius 1 is 1.19 bits per heavy atom. The summed E-state index contributed by atoms with van der Waals surface area (Å²) in [5.74, 6) is 0.0638. The van der Waals surface area contributed by atoms with Crippen molar-refractivity contribution in [3.05, 3.63) is 69.6 Å². The van der Waals surface area contributed by atoms with Crippen molar-refractivity contribution in [2.24, 2.45) is 4.99 Å². The molecule has 1 aromatic carbocycles. The van der Waals surface area contributed by atoms with Crippen molar-refractivity contribution < 1.29 is 9.59 Å². The quantitative estimate of drug-likeness (QED) is 0.561. The van der Waals surface area contributed by atoms with Gasteiger partial charge in [-0.3, -0.25) is 14.6 Å². The summed E-state index contributed by atoms with van der Waals surface area (Å²) in [6.45, 7) is 8.91. The lowest BCUT2D eigenvalue weighted by atomic mass is 10.0. The number of thiazole rings is 1. The fourth-order valence-electron chi connectivity index (χ4n) is 3.26. The van der Waals surface area contributed by atoms with Gasteiger partial charge < -0.3 is 9.88 Å². The molecule has 0 bridgehead atoms. The molecule has 162 valence electrons. The number of carbonyl (C=O) groups is 2. The minimum atomic E-state index is -0.350. The first kappa shape index (κ1) is 22.6. The smallest absolute Gasteiger partial charge is 0.298 e. The molecule has 0 saturated heterocycles. The number of benzene rings is 1. The zero-order chi connectivity index (χ0) is 22.4. The summed E-state index contributed by atoms with van der Waals surface area (Å²) in [6.07, 6.45) is 2.34. The Hall–Kier alpha value is -3.06. The van der Waals surface area contributed by atoms with Crippen molar-refractivity contribution in [1.82, 2.24) is 14.9 Å². The second-order valence-electron chi connectivity index (χ2n) is 7.75. The lowest BCUT2D eigenvalue weighted by molar-refractivity contribution is -0.118. The zero-order valence-corrected chi connectivity index (χ0v) is 19.2. The second kappa shape index (κ2) is 10.3. The Morgan fingerprint density at radius 3 is 2.58 bits per heavy atom. The predicted octanol–water partition coefficient (Wildman–Crippen LogP) is 4.31. The molecule has 6 nitrogen and oxygen atoms in total. The maximum absolute atomic E-state index is 12.8. The van der Waals surface area contributed by atoms with E-state index in [1.54, 1.807) is 12.3 Å². The van der Waals surface area contributed by atoms with Gasteiger partial charge in [0.05, 0.1) is 5.69 Å². The molecule has 3 rings (SSSR count). The Morgan fingerprint density at radius 2 is 1.94 bits per heavy atom. The van der Waals surface area contributed by atoms with Crippen LogP contribution in [0.25, 0.3) is 11.3 Å². The van der Waals surface area contributed by atoms with Crippen LogP contribution in [0.15, 0.2) is 53.0 Å². The van der Waals surface area contributed by atoms with Gasteiger partial charge in [0.15, 0.2) is 4.80 Å². The number of aryl methyl sites for hydroxylation is 1. The third-order valence-electron chi connectivity index (χ3n) is 5.01. The number of carbonyl (C=O) groups excluding carboxylic acids is 2. The van der Waals surface area contributed by atoms with Crippen molar-refractivity contribution in [3.63, 3.8) is 0 Å². The van der Waals surface area contributed by atoms with Crippen molar-refractivity contribution in [2.75, 3.05) is 6.54 Å². The highest BCUT2D eigenvalue weighted by Crippen LogP contribution is 2.23. The molecule has 0 unspecified atom stereocenters. The monoisotopic (exact) mass is 436 g/mol. The maximum atomic E-state index is 12.8. The van der Waals surface area contributed by atoms with E-state index in [4.69, 9.17) is 0 Å². The van der Waals surface area contributed by atoms with Crippen LogP contribution in [0, 0.1) is 6.92 Å². The van der Waals surface area contributed by atoms with Gasteiger partial charge in [-0.2, -0.15) is 4.99 Å². The summed E-state index contributed by atoms with van der Waals surface area (Å²) in [5.41, 5.74) is 4.52. The molecular weight excluding hydrogens is 408 g/mol. The van der Waals surface area contributed by atoms with E-state index >= 15 is 0 Å². The number of aromatic nitrogens is 2. The molecule has 3 aromatic rings. The molecule has 0 aliphatic carbocycles. The SMILES string of the molecule is CC(=O)NCCCn1c(-c2ccc(C(C)C)cc2)csc1=NC(=O)c1ncccc1C. The number of rotatable bonds is 7. The molecule has 31 heavy (non-hydrogen) atoms. The minimum absolute atomic E-state index is 0.0504. The molecular formula is C24H28N4O2S. The van der Waals surface area contributed by atoms with Crippen LogP contribution in [0.2, 0.25) is 0 Å². The zero-order valence-electron chi connectivity index (χ0n) is 18.4. The predicted molar refractivity (Wildman–Crippen MR) is 124 cm³/mol. The van der Waals surface area contributed by atoms with Gasteiger partial charge in [0.1, 0.15) is 5.69 Å². The van der Waals surface area contributed by atoms with Crippen LogP contribution in [-0.2, 0) is 11.3 Å². The summed E-state index contributed by atoms with van der Waals surface area (Å²) in [5, 5.41) is 4.85. The van der Waals surface area contributed by atoms with Crippen molar-refractivity contribution in [2.45, 2.75) is 46.6 Å². The number of amides is 2. The minimum Gasteiger partial charge on any atom is -0.356 e. The molecule has 0 spiro atoms.